The summed E-state index contributed by atoms with van der Waals surface area (Å²) in [4.78, 5) is 18.6. The van der Waals surface area contributed by atoms with Crippen molar-refractivity contribution in [2.75, 3.05) is 13.2 Å². The Labute approximate surface area is 167 Å². The maximum Gasteiger partial charge on any atom is 0.422 e. The third-order valence-electron chi connectivity index (χ3n) is 4.95. The maximum atomic E-state index is 13.2. The zero-order chi connectivity index (χ0) is 20.9. The molecule has 1 fully saturated rings. The zero-order valence-corrected chi connectivity index (χ0v) is 15.8. The number of pyridine rings is 1. The number of aliphatic hydroxyl groups is 1. The number of alkyl halides is 3. The highest BCUT2D eigenvalue weighted by Crippen LogP contribution is 2.28. The number of hydrogen-bond donors (Lipinski definition) is 1. The van der Waals surface area contributed by atoms with Crippen LogP contribution < -0.4 is 4.74 Å². The van der Waals surface area contributed by atoms with Gasteiger partial charge in [-0.25, -0.2) is 4.98 Å². The normalized spacial score (nSPS) is 19.2. The Morgan fingerprint density at radius 2 is 1.93 bits per heavy atom. The number of halogens is 3. The molecule has 0 bridgehead atoms. The van der Waals surface area contributed by atoms with Crippen LogP contribution in [0.15, 0.2) is 48.7 Å². The number of amides is 1. The third-order valence-corrected chi connectivity index (χ3v) is 4.95. The Hall–Kier alpha value is -2.61. The lowest BCUT2D eigenvalue weighted by Crippen LogP contribution is -2.37. The average molecular weight is 408 g/mol. The number of nitrogens with zero attached hydrogens (tertiary/aromatic N) is 2. The zero-order valence-electron chi connectivity index (χ0n) is 15.8. The molecular weight excluding hydrogens is 385 g/mol. The number of carbonyl (C=O) groups is 1. The molecule has 1 saturated carbocycles. The first-order chi connectivity index (χ1) is 13.8. The lowest BCUT2D eigenvalue weighted by atomic mass is 10.0. The van der Waals surface area contributed by atoms with Crippen LogP contribution in [0.4, 0.5) is 13.2 Å². The van der Waals surface area contributed by atoms with Gasteiger partial charge in [-0.2, -0.15) is 13.2 Å². The van der Waals surface area contributed by atoms with Gasteiger partial charge in [0.1, 0.15) is 5.56 Å². The highest BCUT2D eigenvalue weighted by atomic mass is 19.4. The van der Waals surface area contributed by atoms with E-state index in [0.717, 1.165) is 18.4 Å². The van der Waals surface area contributed by atoms with Gasteiger partial charge in [-0.15, -0.1) is 0 Å². The molecule has 2 atom stereocenters. The van der Waals surface area contributed by atoms with Crippen molar-refractivity contribution in [3.05, 3.63) is 59.8 Å². The summed E-state index contributed by atoms with van der Waals surface area (Å²) in [6.45, 7) is -0.941. The van der Waals surface area contributed by atoms with Crippen molar-refractivity contribution in [3.63, 3.8) is 0 Å². The first-order valence-corrected chi connectivity index (χ1v) is 9.49. The maximum absolute atomic E-state index is 13.2. The predicted octanol–water partition coefficient (Wildman–Crippen LogP) is 3.83. The average Bonchev–Trinajstić information content (AvgIpc) is 3.10. The summed E-state index contributed by atoms with van der Waals surface area (Å²) >= 11 is 0. The SMILES string of the molecule is O=C(c1cccnc1OCC(F)(F)F)N(Cc1ccccc1)C[C@@H]1CCC[C@@H]1O. The van der Waals surface area contributed by atoms with Crippen LogP contribution in [0.2, 0.25) is 0 Å². The van der Waals surface area contributed by atoms with Crippen molar-refractivity contribution in [2.24, 2.45) is 5.92 Å². The van der Waals surface area contributed by atoms with Crippen LogP contribution >= 0.6 is 0 Å². The minimum absolute atomic E-state index is 0.0276. The summed E-state index contributed by atoms with van der Waals surface area (Å²) in [5, 5.41) is 10.2. The number of ether oxygens (including phenoxy) is 1. The highest BCUT2D eigenvalue weighted by molar-refractivity contribution is 5.96. The summed E-state index contributed by atoms with van der Waals surface area (Å²) in [6.07, 6.45) is -1.38. The summed E-state index contributed by atoms with van der Waals surface area (Å²) in [7, 11) is 0. The van der Waals surface area contributed by atoms with Gasteiger partial charge in [-0.3, -0.25) is 4.79 Å². The van der Waals surface area contributed by atoms with Crippen LogP contribution in [0.3, 0.4) is 0 Å². The number of rotatable bonds is 7. The fraction of sp³-hybridized carbons (Fsp3) is 0.429. The van der Waals surface area contributed by atoms with E-state index in [1.54, 1.807) is 4.90 Å². The number of benzene rings is 1. The first-order valence-electron chi connectivity index (χ1n) is 9.49. The molecule has 156 valence electrons. The Kier molecular flexibility index (Phi) is 6.74. The Bertz CT molecular complexity index is 814. The molecule has 1 aliphatic carbocycles. The molecule has 1 aliphatic rings. The molecule has 0 unspecified atom stereocenters. The van der Waals surface area contributed by atoms with E-state index in [4.69, 9.17) is 4.74 Å². The topological polar surface area (TPSA) is 62.7 Å². The lowest BCUT2D eigenvalue weighted by Gasteiger charge is -2.28. The molecule has 1 N–H and O–H groups in total. The van der Waals surface area contributed by atoms with Crippen molar-refractivity contribution in [3.8, 4) is 5.88 Å². The largest absolute Gasteiger partial charge is 0.467 e. The van der Waals surface area contributed by atoms with Crippen LogP contribution in [0, 0.1) is 5.92 Å². The van der Waals surface area contributed by atoms with Gasteiger partial charge in [0.15, 0.2) is 6.61 Å². The first kappa shape index (κ1) is 21.1. The van der Waals surface area contributed by atoms with E-state index in [1.165, 1.54) is 18.3 Å². The predicted molar refractivity (Wildman–Crippen MR) is 100 cm³/mol. The van der Waals surface area contributed by atoms with Gasteiger partial charge in [-0.05, 0) is 30.5 Å². The summed E-state index contributed by atoms with van der Waals surface area (Å²) in [5.74, 6) is -0.892. The minimum atomic E-state index is -4.53. The summed E-state index contributed by atoms with van der Waals surface area (Å²) < 4.78 is 42.5. The van der Waals surface area contributed by atoms with Crippen molar-refractivity contribution in [1.82, 2.24) is 9.88 Å². The van der Waals surface area contributed by atoms with E-state index in [9.17, 15) is 23.1 Å². The molecular formula is C21H23F3N2O3. The Balaban J connectivity index is 1.84. The molecule has 29 heavy (non-hydrogen) atoms. The van der Waals surface area contributed by atoms with E-state index >= 15 is 0 Å². The van der Waals surface area contributed by atoms with Gasteiger partial charge in [0.2, 0.25) is 5.88 Å². The summed E-state index contributed by atoms with van der Waals surface area (Å²) in [5.41, 5.74) is 0.857. The number of hydrogen-bond acceptors (Lipinski definition) is 4. The molecule has 8 heteroatoms. The van der Waals surface area contributed by atoms with Crippen LogP contribution in [-0.2, 0) is 6.54 Å². The van der Waals surface area contributed by atoms with E-state index < -0.39 is 24.8 Å². The monoisotopic (exact) mass is 408 g/mol. The van der Waals surface area contributed by atoms with Gasteiger partial charge in [0.05, 0.1) is 6.10 Å². The van der Waals surface area contributed by atoms with Crippen LogP contribution in [0.1, 0.15) is 35.2 Å². The lowest BCUT2D eigenvalue weighted by molar-refractivity contribution is -0.154. The fourth-order valence-electron chi connectivity index (χ4n) is 3.53. The molecule has 1 heterocycles. The number of carbonyl (C=O) groups excluding carboxylic acids is 1. The van der Waals surface area contributed by atoms with E-state index in [0.29, 0.717) is 13.0 Å². The number of aromatic nitrogens is 1. The molecule has 1 aromatic heterocycles. The summed E-state index contributed by atoms with van der Waals surface area (Å²) in [6, 6.07) is 12.2. The number of aliphatic hydroxyl groups excluding tert-OH is 1. The second-order valence-corrected chi connectivity index (χ2v) is 7.19. The molecule has 0 radical (unpaired) electrons. The van der Waals surface area contributed by atoms with Crippen molar-refractivity contribution < 1.29 is 27.8 Å². The van der Waals surface area contributed by atoms with Gasteiger partial charge < -0.3 is 14.7 Å². The van der Waals surface area contributed by atoms with E-state index in [-0.39, 0.29) is 23.9 Å². The van der Waals surface area contributed by atoms with Crippen LogP contribution in [-0.4, -0.2) is 46.3 Å². The second-order valence-electron chi connectivity index (χ2n) is 7.19. The van der Waals surface area contributed by atoms with E-state index in [1.807, 2.05) is 30.3 Å². The van der Waals surface area contributed by atoms with Crippen molar-refractivity contribution >= 4 is 5.91 Å². The van der Waals surface area contributed by atoms with Crippen LogP contribution in [0.5, 0.6) is 5.88 Å². The molecule has 5 nitrogen and oxygen atoms in total. The molecule has 2 aromatic rings. The van der Waals surface area contributed by atoms with Gasteiger partial charge >= 0.3 is 6.18 Å². The fourth-order valence-corrected chi connectivity index (χ4v) is 3.53. The Morgan fingerprint density at radius 3 is 2.59 bits per heavy atom. The molecule has 0 spiro atoms. The molecule has 0 saturated heterocycles. The van der Waals surface area contributed by atoms with Crippen LogP contribution in [0.25, 0.3) is 0 Å². The van der Waals surface area contributed by atoms with E-state index in [2.05, 4.69) is 4.98 Å². The highest BCUT2D eigenvalue weighted by Gasteiger charge is 2.32. The van der Waals surface area contributed by atoms with Crippen molar-refractivity contribution in [2.45, 2.75) is 38.1 Å². The molecule has 1 aromatic carbocycles. The quantitative estimate of drug-likeness (QED) is 0.757. The Morgan fingerprint density at radius 1 is 1.17 bits per heavy atom. The second kappa shape index (κ2) is 9.26. The smallest absolute Gasteiger partial charge is 0.422 e. The van der Waals surface area contributed by atoms with Gasteiger partial charge in [0.25, 0.3) is 5.91 Å². The van der Waals surface area contributed by atoms with Gasteiger partial charge in [-0.1, -0.05) is 36.8 Å². The molecule has 0 aliphatic heterocycles. The van der Waals surface area contributed by atoms with Gasteiger partial charge in [0, 0.05) is 25.2 Å². The minimum Gasteiger partial charge on any atom is -0.467 e. The standard InChI is InChI=1S/C21H23F3N2O3/c22-21(23,24)14-29-19-17(9-5-11-25-19)20(28)26(12-15-6-2-1-3-7-15)13-16-8-4-10-18(16)27/h1-3,5-7,9,11,16,18,27H,4,8,10,12-14H2/t16-,18-/m0/s1. The molecule has 3 rings (SSSR count). The van der Waals surface area contributed by atoms with Crippen molar-refractivity contribution in [1.29, 1.82) is 0 Å². The third kappa shape index (κ3) is 5.93. The molecule has 1 amide bonds.